The van der Waals surface area contributed by atoms with E-state index in [1.54, 1.807) is 0 Å². The first kappa shape index (κ1) is 8.61. The van der Waals surface area contributed by atoms with Crippen LogP contribution in [-0.4, -0.2) is 52.6 Å². The van der Waals surface area contributed by atoms with Gasteiger partial charge in [0.2, 0.25) is 0 Å². The number of aliphatic hydroxyl groups excluding tert-OH is 3. The Kier molecular flexibility index (Phi) is 2.56. The summed E-state index contributed by atoms with van der Waals surface area (Å²) in [6.07, 6.45) is -4.25. The molecule has 0 amide bonds. The van der Waals surface area contributed by atoms with Gasteiger partial charge in [0.05, 0.1) is 6.61 Å². The Hall–Kier alpha value is -0.490. The van der Waals surface area contributed by atoms with Crippen molar-refractivity contribution in [2.45, 2.75) is 24.4 Å². The number of ether oxygens (including phenoxy) is 1. The van der Waals surface area contributed by atoms with E-state index in [1.807, 2.05) is 0 Å². The lowest BCUT2D eigenvalue weighted by atomic mass is 10.1. The number of rotatable bonds is 2. The van der Waals surface area contributed by atoms with Crippen LogP contribution in [0.25, 0.3) is 0 Å². The lowest BCUT2D eigenvalue weighted by Gasteiger charge is -2.15. The van der Waals surface area contributed by atoms with Crippen molar-refractivity contribution in [2.75, 3.05) is 6.61 Å². The van der Waals surface area contributed by atoms with Crippen molar-refractivity contribution in [1.29, 1.82) is 0 Å². The second-order valence-corrected chi connectivity index (χ2v) is 2.48. The summed E-state index contributed by atoms with van der Waals surface area (Å²) in [5.41, 5.74) is 0. The molecule has 3 N–H and O–H groups in total. The highest BCUT2D eigenvalue weighted by Crippen LogP contribution is 2.16. The number of carbonyl (C=O) groups is 1. The molecule has 5 nitrogen and oxygen atoms in total. The normalized spacial score (nSPS) is 40.5. The first-order valence-corrected chi connectivity index (χ1v) is 3.28. The molecule has 0 aromatic carbocycles. The van der Waals surface area contributed by atoms with Crippen LogP contribution in [0.5, 0.6) is 0 Å². The standard InChI is InChI=1S/C6H10O5/c7-1-3(8)6-5(10)4(9)2-11-6/h1,3-6,8-10H,2H2/t3?,4-,5+,6-/m1/s1. The summed E-state index contributed by atoms with van der Waals surface area (Å²) >= 11 is 0. The summed E-state index contributed by atoms with van der Waals surface area (Å²) in [6.45, 7) is -0.0449. The fourth-order valence-electron chi connectivity index (χ4n) is 1.00. The predicted octanol–water partition coefficient (Wildman–Crippen LogP) is -2.33. The molecule has 0 radical (unpaired) electrons. The topological polar surface area (TPSA) is 87.0 Å². The van der Waals surface area contributed by atoms with Gasteiger partial charge in [0.15, 0.2) is 6.29 Å². The summed E-state index contributed by atoms with van der Waals surface area (Å²) in [6, 6.07) is 0. The van der Waals surface area contributed by atoms with Crippen LogP contribution in [0.4, 0.5) is 0 Å². The van der Waals surface area contributed by atoms with E-state index < -0.39 is 24.4 Å². The molecule has 0 bridgehead atoms. The second-order valence-electron chi connectivity index (χ2n) is 2.48. The lowest BCUT2D eigenvalue weighted by Crippen LogP contribution is -2.39. The van der Waals surface area contributed by atoms with Crippen molar-refractivity contribution < 1.29 is 24.9 Å². The smallest absolute Gasteiger partial charge is 0.151 e. The summed E-state index contributed by atoms with van der Waals surface area (Å²) in [5, 5.41) is 26.9. The zero-order valence-corrected chi connectivity index (χ0v) is 5.75. The van der Waals surface area contributed by atoms with Gasteiger partial charge in [0.25, 0.3) is 0 Å². The Morgan fingerprint density at radius 3 is 2.55 bits per heavy atom. The maximum atomic E-state index is 10.0. The molecule has 4 atom stereocenters. The van der Waals surface area contributed by atoms with E-state index in [4.69, 9.17) is 20.1 Å². The maximum Gasteiger partial charge on any atom is 0.151 e. The molecule has 0 aromatic rings. The van der Waals surface area contributed by atoms with Gasteiger partial charge in [0, 0.05) is 0 Å². The summed E-state index contributed by atoms with van der Waals surface area (Å²) < 4.78 is 4.75. The molecular weight excluding hydrogens is 152 g/mol. The summed E-state index contributed by atoms with van der Waals surface area (Å²) in [5.74, 6) is 0. The van der Waals surface area contributed by atoms with Gasteiger partial charge in [-0.15, -0.1) is 0 Å². The van der Waals surface area contributed by atoms with E-state index in [9.17, 15) is 4.79 Å². The quantitative estimate of drug-likeness (QED) is 0.396. The molecule has 64 valence electrons. The number of hydrogen-bond donors (Lipinski definition) is 3. The molecule has 0 aromatic heterocycles. The molecule has 1 aliphatic rings. The summed E-state index contributed by atoms with van der Waals surface area (Å²) in [4.78, 5) is 10.0. The maximum absolute atomic E-state index is 10.0. The monoisotopic (exact) mass is 162 g/mol. The number of aldehydes is 1. The molecule has 1 heterocycles. The molecule has 11 heavy (non-hydrogen) atoms. The zero-order valence-electron chi connectivity index (χ0n) is 5.75. The fourth-order valence-corrected chi connectivity index (χ4v) is 1.00. The number of aliphatic hydroxyl groups is 3. The largest absolute Gasteiger partial charge is 0.388 e. The van der Waals surface area contributed by atoms with E-state index in [0.29, 0.717) is 0 Å². The molecule has 0 aliphatic carbocycles. The lowest BCUT2D eigenvalue weighted by molar-refractivity contribution is -0.124. The van der Waals surface area contributed by atoms with Crippen LogP contribution in [0.15, 0.2) is 0 Å². The predicted molar refractivity (Wildman–Crippen MR) is 33.8 cm³/mol. The Balaban J connectivity index is 2.54. The van der Waals surface area contributed by atoms with Crippen LogP contribution < -0.4 is 0 Å². The second kappa shape index (κ2) is 3.27. The van der Waals surface area contributed by atoms with Gasteiger partial charge in [-0.2, -0.15) is 0 Å². The van der Waals surface area contributed by atoms with Gasteiger partial charge in [-0.25, -0.2) is 0 Å². The average Bonchev–Trinajstić information content (AvgIpc) is 2.32. The van der Waals surface area contributed by atoms with Gasteiger partial charge < -0.3 is 24.9 Å². The van der Waals surface area contributed by atoms with Crippen LogP contribution in [0, 0.1) is 0 Å². The molecule has 1 unspecified atom stereocenters. The first-order valence-electron chi connectivity index (χ1n) is 3.28. The Morgan fingerprint density at radius 2 is 2.18 bits per heavy atom. The molecular formula is C6H10O5. The molecule has 1 rings (SSSR count). The number of hydrogen-bond acceptors (Lipinski definition) is 5. The van der Waals surface area contributed by atoms with Crippen molar-refractivity contribution in [2.24, 2.45) is 0 Å². The highest BCUT2D eigenvalue weighted by atomic mass is 16.5. The van der Waals surface area contributed by atoms with Crippen LogP contribution >= 0.6 is 0 Å². The van der Waals surface area contributed by atoms with Crippen molar-refractivity contribution in [3.05, 3.63) is 0 Å². The molecule has 0 saturated carbocycles. The molecule has 5 heteroatoms. The van der Waals surface area contributed by atoms with Crippen molar-refractivity contribution >= 4 is 6.29 Å². The van der Waals surface area contributed by atoms with Gasteiger partial charge in [0.1, 0.15) is 24.4 Å². The van der Waals surface area contributed by atoms with E-state index >= 15 is 0 Å². The van der Waals surface area contributed by atoms with Crippen molar-refractivity contribution in [3.63, 3.8) is 0 Å². The van der Waals surface area contributed by atoms with Crippen LogP contribution in [0.1, 0.15) is 0 Å². The van der Waals surface area contributed by atoms with E-state index in [0.717, 1.165) is 0 Å². The van der Waals surface area contributed by atoms with Crippen molar-refractivity contribution in [1.82, 2.24) is 0 Å². The van der Waals surface area contributed by atoms with Gasteiger partial charge in [-0.1, -0.05) is 0 Å². The molecule has 1 saturated heterocycles. The highest BCUT2D eigenvalue weighted by molar-refractivity contribution is 5.57. The minimum Gasteiger partial charge on any atom is -0.388 e. The highest BCUT2D eigenvalue weighted by Gasteiger charge is 2.38. The van der Waals surface area contributed by atoms with Gasteiger partial charge in [-0.3, -0.25) is 0 Å². The Morgan fingerprint density at radius 1 is 1.55 bits per heavy atom. The molecule has 1 fully saturated rings. The third-order valence-corrected chi connectivity index (χ3v) is 1.67. The third kappa shape index (κ3) is 1.57. The minimum atomic E-state index is -1.36. The first-order chi connectivity index (χ1) is 5.16. The van der Waals surface area contributed by atoms with Gasteiger partial charge in [-0.05, 0) is 0 Å². The number of carbonyl (C=O) groups excluding carboxylic acids is 1. The van der Waals surface area contributed by atoms with Crippen LogP contribution in [0.2, 0.25) is 0 Å². The van der Waals surface area contributed by atoms with Crippen LogP contribution in [0.3, 0.4) is 0 Å². The van der Waals surface area contributed by atoms with E-state index in [2.05, 4.69) is 0 Å². The van der Waals surface area contributed by atoms with E-state index in [-0.39, 0.29) is 12.9 Å². The third-order valence-electron chi connectivity index (χ3n) is 1.67. The van der Waals surface area contributed by atoms with E-state index in [1.165, 1.54) is 0 Å². The summed E-state index contributed by atoms with van der Waals surface area (Å²) in [7, 11) is 0. The molecule has 0 spiro atoms. The average molecular weight is 162 g/mol. The van der Waals surface area contributed by atoms with Crippen LogP contribution in [-0.2, 0) is 9.53 Å². The van der Waals surface area contributed by atoms with Crippen molar-refractivity contribution in [3.8, 4) is 0 Å². The minimum absolute atomic E-state index is 0.0449. The fraction of sp³-hybridized carbons (Fsp3) is 0.833. The molecule has 1 aliphatic heterocycles. The zero-order chi connectivity index (χ0) is 8.43. The SMILES string of the molecule is O=CC(O)[C@H]1OC[C@@H](O)[C@@H]1O. The van der Waals surface area contributed by atoms with Gasteiger partial charge >= 0.3 is 0 Å². The Bertz CT molecular complexity index is 148. The Labute approximate surface area is 63.2 Å².